The van der Waals surface area contributed by atoms with Gasteiger partial charge >= 0.3 is 11.9 Å². The lowest BCUT2D eigenvalue weighted by molar-refractivity contribution is -0.167. The van der Waals surface area contributed by atoms with E-state index < -0.39 is 23.6 Å². The van der Waals surface area contributed by atoms with Crippen molar-refractivity contribution in [3.8, 4) is 0 Å². The van der Waals surface area contributed by atoms with Crippen LogP contribution in [0.15, 0.2) is 0 Å². The predicted molar refractivity (Wildman–Crippen MR) is 60.5 cm³/mol. The van der Waals surface area contributed by atoms with Crippen molar-refractivity contribution in [1.82, 2.24) is 0 Å². The number of rotatable bonds is 5. The van der Waals surface area contributed by atoms with Crippen molar-refractivity contribution in [3.63, 3.8) is 0 Å². The normalized spacial score (nSPS) is 25.2. The molecule has 1 N–H and O–H groups in total. The van der Waals surface area contributed by atoms with Crippen LogP contribution in [0.1, 0.15) is 34.1 Å². The maximum atomic E-state index is 11.5. The van der Waals surface area contributed by atoms with Crippen molar-refractivity contribution in [2.45, 2.75) is 45.8 Å². The Kier molecular flexibility index (Phi) is 4.14. The Hall–Kier alpha value is -1.10. The van der Waals surface area contributed by atoms with Gasteiger partial charge in [0.15, 0.2) is 6.10 Å². The van der Waals surface area contributed by atoms with Crippen LogP contribution in [-0.2, 0) is 19.1 Å². The number of ether oxygens (including phenoxy) is 2. The Morgan fingerprint density at radius 2 is 2.00 bits per heavy atom. The molecule has 17 heavy (non-hydrogen) atoms. The number of hydrogen-bond acceptors (Lipinski definition) is 4. The molecule has 0 saturated heterocycles. The molecular weight excluding hydrogens is 224 g/mol. The molecule has 0 amide bonds. The first-order valence-electron chi connectivity index (χ1n) is 5.78. The average Bonchev–Trinajstić information content (AvgIpc) is 2.90. The Balaban J connectivity index is 2.24. The van der Waals surface area contributed by atoms with Gasteiger partial charge in [-0.25, -0.2) is 4.79 Å². The van der Waals surface area contributed by atoms with Crippen LogP contribution in [0, 0.1) is 11.8 Å². The average molecular weight is 244 g/mol. The lowest BCUT2D eigenvalue weighted by atomic mass is 10.2. The highest BCUT2D eigenvalue weighted by Gasteiger charge is 2.43. The van der Waals surface area contributed by atoms with Crippen LogP contribution in [0.3, 0.4) is 0 Å². The number of carboxylic acids is 1. The Labute approximate surface area is 101 Å². The smallest absolute Gasteiger partial charge is 0.335 e. The zero-order valence-electron chi connectivity index (χ0n) is 10.7. The molecule has 0 aromatic heterocycles. The lowest BCUT2D eigenvalue weighted by Gasteiger charge is -2.22. The number of carbonyl (C=O) groups excluding carboxylic acids is 1. The van der Waals surface area contributed by atoms with Gasteiger partial charge in [0.05, 0.1) is 12.5 Å². The van der Waals surface area contributed by atoms with Crippen LogP contribution in [-0.4, -0.2) is 35.4 Å². The molecule has 5 nitrogen and oxygen atoms in total. The van der Waals surface area contributed by atoms with E-state index in [1.807, 2.05) is 0 Å². The zero-order chi connectivity index (χ0) is 13.2. The first kappa shape index (κ1) is 14.0. The first-order valence-corrected chi connectivity index (χ1v) is 5.78. The second-order valence-electron chi connectivity index (χ2n) is 5.45. The van der Waals surface area contributed by atoms with Gasteiger partial charge in [0.25, 0.3) is 0 Å². The van der Waals surface area contributed by atoms with E-state index in [1.165, 1.54) is 0 Å². The highest BCUT2D eigenvalue weighted by Crippen LogP contribution is 2.38. The summed E-state index contributed by atoms with van der Waals surface area (Å²) in [7, 11) is 0. The van der Waals surface area contributed by atoms with Crippen molar-refractivity contribution in [1.29, 1.82) is 0 Å². The molecule has 0 bridgehead atoms. The second kappa shape index (κ2) is 5.04. The van der Waals surface area contributed by atoms with E-state index in [1.54, 1.807) is 27.7 Å². The largest absolute Gasteiger partial charge is 0.481 e. The van der Waals surface area contributed by atoms with Crippen molar-refractivity contribution >= 4 is 11.9 Å². The number of hydrogen-bond donors (Lipinski definition) is 1. The summed E-state index contributed by atoms with van der Waals surface area (Å²) in [5.74, 6) is -1.47. The Bertz CT molecular complexity index is 305. The molecule has 1 rings (SSSR count). The topological polar surface area (TPSA) is 72.8 Å². The van der Waals surface area contributed by atoms with Crippen molar-refractivity contribution < 1.29 is 24.2 Å². The van der Waals surface area contributed by atoms with E-state index in [4.69, 9.17) is 14.6 Å². The fourth-order valence-corrected chi connectivity index (χ4v) is 1.45. The molecular formula is C12H20O5. The van der Waals surface area contributed by atoms with Crippen molar-refractivity contribution in [2.24, 2.45) is 11.8 Å². The van der Waals surface area contributed by atoms with Crippen LogP contribution < -0.4 is 0 Å². The summed E-state index contributed by atoms with van der Waals surface area (Å²) in [4.78, 5) is 22.1. The molecule has 3 atom stereocenters. The molecule has 1 saturated carbocycles. The minimum atomic E-state index is -0.788. The summed E-state index contributed by atoms with van der Waals surface area (Å²) in [6.07, 6.45) is -0.0135. The minimum absolute atomic E-state index is 0.0392. The van der Waals surface area contributed by atoms with Gasteiger partial charge in [-0.15, -0.1) is 0 Å². The summed E-state index contributed by atoms with van der Waals surface area (Å²) >= 11 is 0. The van der Waals surface area contributed by atoms with Gasteiger partial charge in [-0.05, 0) is 40.0 Å². The van der Waals surface area contributed by atoms with Gasteiger partial charge in [0.1, 0.15) is 5.60 Å². The lowest BCUT2D eigenvalue weighted by Crippen LogP contribution is -2.32. The number of esters is 1. The van der Waals surface area contributed by atoms with E-state index in [9.17, 15) is 9.59 Å². The van der Waals surface area contributed by atoms with E-state index >= 15 is 0 Å². The van der Waals surface area contributed by atoms with E-state index in [2.05, 4.69) is 0 Å². The Morgan fingerprint density at radius 3 is 2.41 bits per heavy atom. The number of aliphatic carboxylic acids is 1. The summed E-state index contributed by atoms with van der Waals surface area (Å²) in [5, 5.41) is 8.70. The molecule has 0 radical (unpaired) electrons. The maximum absolute atomic E-state index is 11.5. The third-order valence-corrected chi connectivity index (χ3v) is 2.54. The summed E-state index contributed by atoms with van der Waals surface area (Å²) in [6.45, 7) is 7.29. The molecule has 1 aliphatic rings. The summed E-state index contributed by atoms with van der Waals surface area (Å²) in [6, 6.07) is 0. The molecule has 0 heterocycles. The van der Waals surface area contributed by atoms with Crippen molar-refractivity contribution in [3.05, 3.63) is 0 Å². The maximum Gasteiger partial charge on any atom is 0.335 e. The summed E-state index contributed by atoms with van der Waals surface area (Å²) in [5.41, 5.74) is -0.530. The van der Waals surface area contributed by atoms with Gasteiger partial charge in [0, 0.05) is 0 Å². The van der Waals surface area contributed by atoms with Crippen LogP contribution in [0.4, 0.5) is 0 Å². The first-order chi connectivity index (χ1) is 7.70. The molecule has 2 unspecified atom stereocenters. The third kappa shape index (κ3) is 4.73. The van der Waals surface area contributed by atoms with Gasteiger partial charge in [-0.3, -0.25) is 4.79 Å². The van der Waals surface area contributed by atoms with Gasteiger partial charge in [-0.1, -0.05) is 0 Å². The van der Waals surface area contributed by atoms with Gasteiger partial charge in [0.2, 0.25) is 0 Å². The predicted octanol–water partition coefficient (Wildman–Crippen LogP) is 1.45. The van der Waals surface area contributed by atoms with Crippen LogP contribution in [0.5, 0.6) is 0 Å². The van der Waals surface area contributed by atoms with Gasteiger partial charge in [-0.2, -0.15) is 0 Å². The highest BCUT2D eigenvalue weighted by molar-refractivity contribution is 5.75. The Morgan fingerprint density at radius 1 is 1.41 bits per heavy atom. The van der Waals surface area contributed by atoms with Crippen molar-refractivity contribution in [2.75, 3.05) is 6.61 Å². The molecule has 0 aromatic rings. The monoisotopic (exact) mass is 244 g/mol. The van der Waals surface area contributed by atoms with E-state index in [-0.39, 0.29) is 11.8 Å². The third-order valence-electron chi connectivity index (χ3n) is 2.54. The van der Waals surface area contributed by atoms with Crippen LogP contribution in [0.25, 0.3) is 0 Å². The standard InChI is InChI=1S/C12H20O5/c1-7(11(15)17-12(2,3)4)16-6-8-5-9(8)10(13)14/h7-9H,5-6H2,1-4H3,(H,13,14)/t7-,8?,9?/m1/s1. The highest BCUT2D eigenvalue weighted by atomic mass is 16.6. The fourth-order valence-electron chi connectivity index (χ4n) is 1.45. The van der Waals surface area contributed by atoms with E-state index in [0.717, 1.165) is 0 Å². The second-order valence-corrected chi connectivity index (χ2v) is 5.45. The summed E-state index contributed by atoms with van der Waals surface area (Å²) < 4.78 is 10.5. The molecule has 5 heteroatoms. The van der Waals surface area contributed by atoms with E-state index in [0.29, 0.717) is 13.0 Å². The van der Waals surface area contributed by atoms with Gasteiger partial charge < -0.3 is 14.6 Å². The molecule has 0 spiro atoms. The molecule has 1 aliphatic carbocycles. The fraction of sp³-hybridized carbons (Fsp3) is 0.833. The van der Waals surface area contributed by atoms with Crippen LogP contribution >= 0.6 is 0 Å². The number of carbonyl (C=O) groups is 2. The molecule has 0 aromatic carbocycles. The number of carboxylic acid groups (broad SMARTS) is 1. The molecule has 1 fully saturated rings. The van der Waals surface area contributed by atoms with Crippen LogP contribution in [0.2, 0.25) is 0 Å². The zero-order valence-corrected chi connectivity index (χ0v) is 10.7. The minimum Gasteiger partial charge on any atom is -0.481 e. The quantitative estimate of drug-likeness (QED) is 0.741. The molecule has 0 aliphatic heterocycles. The SMILES string of the molecule is C[C@@H](OCC1CC1C(=O)O)C(=O)OC(C)(C)C. The molecule has 98 valence electrons.